The molecule has 1 unspecified atom stereocenters. The summed E-state index contributed by atoms with van der Waals surface area (Å²) in [5.74, 6) is 2.05. The highest BCUT2D eigenvalue weighted by Gasteiger charge is 2.25. The first-order valence-electron chi connectivity index (χ1n) is 12.8. The molecule has 1 aliphatic heterocycles. The molecule has 2 amide bonds. The standard InChI is InChI=1S/C30H37N3O5/c1-22-8-10-23(11-9-22)21-38-29(24-6-5-7-25(18-24)35-2)20-32-14-16-33(17-15-32)30(34)31-27-19-26(36-3)12-13-28(27)37-4/h5-13,18-19,29H,14-17,20-21H2,1-4H3,(H,31,34). The van der Waals surface area contributed by atoms with Crippen LogP contribution in [0.1, 0.15) is 22.8 Å². The molecule has 0 radical (unpaired) electrons. The zero-order valence-corrected chi connectivity index (χ0v) is 22.6. The van der Waals surface area contributed by atoms with Crippen LogP contribution in [0.3, 0.4) is 0 Å². The number of hydrogen-bond acceptors (Lipinski definition) is 6. The molecule has 4 rings (SSSR count). The van der Waals surface area contributed by atoms with Crippen molar-refractivity contribution in [2.24, 2.45) is 0 Å². The van der Waals surface area contributed by atoms with Gasteiger partial charge in [-0.25, -0.2) is 4.79 Å². The Labute approximate surface area is 225 Å². The highest BCUT2D eigenvalue weighted by Crippen LogP contribution is 2.29. The van der Waals surface area contributed by atoms with Crippen LogP contribution in [-0.2, 0) is 11.3 Å². The van der Waals surface area contributed by atoms with Gasteiger partial charge in [-0.3, -0.25) is 4.90 Å². The van der Waals surface area contributed by atoms with Gasteiger partial charge in [-0.2, -0.15) is 0 Å². The maximum absolute atomic E-state index is 13.0. The number of amides is 2. The molecule has 1 heterocycles. The Balaban J connectivity index is 1.38. The number of rotatable bonds is 10. The van der Waals surface area contributed by atoms with E-state index >= 15 is 0 Å². The zero-order valence-electron chi connectivity index (χ0n) is 22.6. The normalized spacial score (nSPS) is 14.6. The number of benzene rings is 3. The summed E-state index contributed by atoms with van der Waals surface area (Å²) in [7, 11) is 4.85. The van der Waals surface area contributed by atoms with Crippen LogP contribution >= 0.6 is 0 Å². The number of aryl methyl sites for hydroxylation is 1. The summed E-state index contributed by atoms with van der Waals surface area (Å²) in [6.07, 6.45) is -0.132. The average Bonchev–Trinajstić information content (AvgIpc) is 2.96. The summed E-state index contributed by atoms with van der Waals surface area (Å²) in [6.45, 7) is 6.04. The molecule has 8 nitrogen and oxygen atoms in total. The molecule has 0 spiro atoms. The van der Waals surface area contributed by atoms with Gasteiger partial charge in [-0.15, -0.1) is 0 Å². The first-order chi connectivity index (χ1) is 18.5. The quantitative estimate of drug-likeness (QED) is 0.401. The van der Waals surface area contributed by atoms with E-state index in [4.69, 9.17) is 18.9 Å². The molecule has 1 atom stereocenters. The first-order valence-corrected chi connectivity index (χ1v) is 12.8. The summed E-state index contributed by atoms with van der Waals surface area (Å²) in [5.41, 5.74) is 4.02. The molecule has 0 aliphatic carbocycles. The number of piperazine rings is 1. The van der Waals surface area contributed by atoms with Gasteiger partial charge in [0.2, 0.25) is 0 Å². The highest BCUT2D eigenvalue weighted by atomic mass is 16.5. The number of anilines is 1. The molecule has 1 fully saturated rings. The molecular formula is C30H37N3O5. The van der Waals surface area contributed by atoms with Gasteiger partial charge < -0.3 is 29.2 Å². The summed E-state index contributed by atoms with van der Waals surface area (Å²) in [6, 6.07) is 21.6. The fourth-order valence-electron chi connectivity index (χ4n) is 4.45. The second-order valence-electron chi connectivity index (χ2n) is 9.35. The third-order valence-corrected chi connectivity index (χ3v) is 6.77. The second-order valence-corrected chi connectivity index (χ2v) is 9.35. The van der Waals surface area contributed by atoms with E-state index in [1.165, 1.54) is 5.56 Å². The van der Waals surface area contributed by atoms with Crippen LogP contribution < -0.4 is 19.5 Å². The molecule has 1 saturated heterocycles. The molecular weight excluding hydrogens is 482 g/mol. The summed E-state index contributed by atoms with van der Waals surface area (Å²) in [5, 5.41) is 2.97. The Kier molecular flexibility index (Phi) is 9.46. The van der Waals surface area contributed by atoms with E-state index in [0.717, 1.165) is 36.5 Å². The minimum absolute atomic E-state index is 0.132. The number of ether oxygens (including phenoxy) is 4. The molecule has 8 heteroatoms. The molecule has 0 saturated carbocycles. The predicted molar refractivity (Wildman–Crippen MR) is 148 cm³/mol. The third kappa shape index (κ3) is 7.18. The molecule has 1 aliphatic rings. The maximum atomic E-state index is 13.0. The number of carbonyl (C=O) groups is 1. The van der Waals surface area contributed by atoms with Crippen LogP contribution in [0.25, 0.3) is 0 Å². The van der Waals surface area contributed by atoms with Crippen LogP contribution in [0, 0.1) is 6.92 Å². The molecule has 0 bridgehead atoms. The van der Waals surface area contributed by atoms with E-state index in [0.29, 0.717) is 36.9 Å². The minimum atomic E-state index is -0.156. The van der Waals surface area contributed by atoms with Crippen molar-refractivity contribution in [1.82, 2.24) is 9.80 Å². The number of methoxy groups -OCH3 is 3. The van der Waals surface area contributed by atoms with Gasteiger partial charge >= 0.3 is 6.03 Å². The van der Waals surface area contributed by atoms with Crippen molar-refractivity contribution in [3.8, 4) is 17.2 Å². The van der Waals surface area contributed by atoms with Crippen LogP contribution in [-0.4, -0.2) is 69.9 Å². The van der Waals surface area contributed by atoms with Crippen molar-refractivity contribution < 1.29 is 23.7 Å². The maximum Gasteiger partial charge on any atom is 0.322 e. The van der Waals surface area contributed by atoms with Gasteiger partial charge in [0.05, 0.1) is 39.7 Å². The van der Waals surface area contributed by atoms with Crippen LogP contribution in [0.15, 0.2) is 66.7 Å². The van der Waals surface area contributed by atoms with Crippen molar-refractivity contribution in [3.05, 3.63) is 83.4 Å². The first kappa shape index (κ1) is 27.3. The fourth-order valence-corrected chi connectivity index (χ4v) is 4.45. The molecule has 3 aromatic carbocycles. The van der Waals surface area contributed by atoms with E-state index in [9.17, 15) is 4.79 Å². The molecule has 3 aromatic rings. The zero-order chi connectivity index (χ0) is 26.9. The van der Waals surface area contributed by atoms with E-state index in [2.05, 4.69) is 47.5 Å². The van der Waals surface area contributed by atoms with E-state index < -0.39 is 0 Å². The number of nitrogens with zero attached hydrogens (tertiary/aromatic N) is 2. The lowest BCUT2D eigenvalue weighted by Crippen LogP contribution is -2.50. The number of hydrogen-bond donors (Lipinski definition) is 1. The van der Waals surface area contributed by atoms with Crippen LogP contribution in [0.5, 0.6) is 17.2 Å². The average molecular weight is 520 g/mol. The van der Waals surface area contributed by atoms with E-state index in [-0.39, 0.29) is 12.1 Å². The lowest BCUT2D eigenvalue weighted by Gasteiger charge is -2.36. The monoisotopic (exact) mass is 519 g/mol. The van der Waals surface area contributed by atoms with Gasteiger partial charge in [0.15, 0.2) is 0 Å². The Hall–Kier alpha value is -3.75. The SMILES string of the molecule is COc1cccc(C(CN2CCN(C(=O)Nc3cc(OC)ccc3OC)CC2)OCc2ccc(C)cc2)c1. The minimum Gasteiger partial charge on any atom is -0.497 e. The lowest BCUT2D eigenvalue weighted by molar-refractivity contribution is 0.00584. The highest BCUT2D eigenvalue weighted by molar-refractivity contribution is 5.91. The summed E-state index contributed by atoms with van der Waals surface area (Å²) < 4.78 is 22.6. The number of urea groups is 1. The lowest BCUT2D eigenvalue weighted by atomic mass is 10.1. The van der Waals surface area contributed by atoms with Gasteiger partial charge in [0.25, 0.3) is 0 Å². The Morgan fingerprint density at radius 2 is 1.58 bits per heavy atom. The van der Waals surface area contributed by atoms with Crippen molar-refractivity contribution >= 4 is 11.7 Å². The van der Waals surface area contributed by atoms with Crippen molar-refractivity contribution in [2.75, 3.05) is 59.4 Å². The van der Waals surface area contributed by atoms with Crippen molar-refractivity contribution in [3.63, 3.8) is 0 Å². The summed E-state index contributed by atoms with van der Waals surface area (Å²) in [4.78, 5) is 17.2. The Bertz CT molecular complexity index is 1190. The van der Waals surface area contributed by atoms with Gasteiger partial charge in [-0.1, -0.05) is 42.0 Å². The number of nitrogens with one attached hydrogen (secondary N) is 1. The molecule has 1 N–H and O–H groups in total. The summed E-state index contributed by atoms with van der Waals surface area (Å²) >= 11 is 0. The predicted octanol–water partition coefficient (Wildman–Crippen LogP) is 5.13. The van der Waals surface area contributed by atoms with Crippen LogP contribution in [0.2, 0.25) is 0 Å². The van der Waals surface area contributed by atoms with Gasteiger partial charge in [0, 0.05) is 38.8 Å². The molecule has 38 heavy (non-hydrogen) atoms. The van der Waals surface area contributed by atoms with Crippen molar-refractivity contribution in [2.45, 2.75) is 19.6 Å². The van der Waals surface area contributed by atoms with Gasteiger partial charge in [0.1, 0.15) is 17.2 Å². The third-order valence-electron chi connectivity index (χ3n) is 6.77. The Morgan fingerprint density at radius 3 is 2.26 bits per heavy atom. The van der Waals surface area contributed by atoms with E-state index in [1.54, 1.807) is 39.5 Å². The molecule has 0 aromatic heterocycles. The van der Waals surface area contributed by atoms with Gasteiger partial charge in [-0.05, 0) is 42.3 Å². The van der Waals surface area contributed by atoms with Crippen LogP contribution in [0.4, 0.5) is 10.5 Å². The van der Waals surface area contributed by atoms with E-state index in [1.807, 2.05) is 23.1 Å². The number of carbonyl (C=O) groups excluding carboxylic acids is 1. The smallest absolute Gasteiger partial charge is 0.322 e. The molecule has 202 valence electrons. The second kappa shape index (κ2) is 13.2. The topological polar surface area (TPSA) is 72.5 Å². The Morgan fingerprint density at radius 1 is 0.868 bits per heavy atom. The van der Waals surface area contributed by atoms with Crippen molar-refractivity contribution in [1.29, 1.82) is 0 Å². The fraction of sp³-hybridized carbons (Fsp3) is 0.367. The largest absolute Gasteiger partial charge is 0.497 e.